The van der Waals surface area contributed by atoms with Crippen molar-refractivity contribution < 1.29 is 32.5 Å². The molecule has 0 aliphatic heterocycles. The molecule has 0 amide bonds. The second-order valence-corrected chi connectivity index (χ2v) is 3.72. The van der Waals surface area contributed by atoms with E-state index in [-0.39, 0.29) is 23.5 Å². The second-order valence-electron chi connectivity index (χ2n) is 3.72. The third-order valence-electron chi connectivity index (χ3n) is 2.54. The van der Waals surface area contributed by atoms with Gasteiger partial charge in [-0.3, -0.25) is 4.79 Å². The van der Waals surface area contributed by atoms with Crippen LogP contribution < -0.4 is 9.47 Å². The van der Waals surface area contributed by atoms with Gasteiger partial charge in [-0.1, -0.05) is 0 Å². The standard InChI is InChI=1S/C12H13F3O4/c1-18-9-5-4-8(12(13,14)15)7(11(9)19-2)3-6-10(16)17/h4-5H,3,6H2,1-2H3,(H,16,17). The highest BCUT2D eigenvalue weighted by Gasteiger charge is 2.35. The lowest BCUT2D eigenvalue weighted by Crippen LogP contribution is -2.12. The number of aliphatic carboxylic acids is 1. The molecule has 0 heterocycles. The summed E-state index contributed by atoms with van der Waals surface area (Å²) in [4.78, 5) is 10.5. The summed E-state index contributed by atoms with van der Waals surface area (Å²) in [5.41, 5.74) is -1.12. The molecule has 4 nitrogen and oxygen atoms in total. The van der Waals surface area contributed by atoms with Crippen LogP contribution in [0.15, 0.2) is 12.1 Å². The number of carboxylic acids is 1. The summed E-state index contributed by atoms with van der Waals surface area (Å²) in [7, 11) is 2.51. The van der Waals surface area contributed by atoms with Gasteiger partial charge in [0.25, 0.3) is 0 Å². The Morgan fingerprint density at radius 1 is 1.26 bits per heavy atom. The first-order chi connectivity index (χ1) is 8.81. The molecule has 0 saturated carbocycles. The number of carbonyl (C=O) groups is 1. The van der Waals surface area contributed by atoms with Crippen molar-refractivity contribution in [2.24, 2.45) is 0 Å². The molecule has 1 rings (SSSR count). The Hall–Kier alpha value is -1.92. The molecule has 0 aliphatic rings. The predicted octanol–water partition coefficient (Wildman–Crippen LogP) is 2.74. The third-order valence-corrected chi connectivity index (χ3v) is 2.54. The maximum atomic E-state index is 12.9. The fourth-order valence-corrected chi connectivity index (χ4v) is 1.74. The summed E-state index contributed by atoms with van der Waals surface area (Å²) in [5.74, 6) is -1.13. The first kappa shape index (κ1) is 15.1. The number of carboxylic acid groups (broad SMARTS) is 1. The largest absolute Gasteiger partial charge is 0.493 e. The van der Waals surface area contributed by atoms with Crippen molar-refractivity contribution in [3.63, 3.8) is 0 Å². The molecule has 19 heavy (non-hydrogen) atoms. The van der Waals surface area contributed by atoms with Crippen molar-refractivity contribution in [1.29, 1.82) is 0 Å². The van der Waals surface area contributed by atoms with Gasteiger partial charge < -0.3 is 14.6 Å². The monoisotopic (exact) mass is 278 g/mol. The number of benzene rings is 1. The number of alkyl halides is 3. The molecule has 0 atom stereocenters. The van der Waals surface area contributed by atoms with Crippen molar-refractivity contribution in [2.45, 2.75) is 19.0 Å². The summed E-state index contributed by atoms with van der Waals surface area (Å²) < 4.78 is 48.5. The average molecular weight is 278 g/mol. The van der Waals surface area contributed by atoms with E-state index in [1.165, 1.54) is 14.2 Å². The van der Waals surface area contributed by atoms with Gasteiger partial charge in [0.2, 0.25) is 0 Å². The second kappa shape index (κ2) is 5.81. The van der Waals surface area contributed by atoms with E-state index in [0.717, 1.165) is 12.1 Å². The van der Waals surface area contributed by atoms with Gasteiger partial charge in [-0.2, -0.15) is 13.2 Å². The zero-order chi connectivity index (χ0) is 14.6. The number of rotatable bonds is 5. The van der Waals surface area contributed by atoms with Crippen LogP contribution in [0, 0.1) is 0 Å². The molecular formula is C12H13F3O4. The minimum Gasteiger partial charge on any atom is -0.493 e. The zero-order valence-electron chi connectivity index (χ0n) is 10.4. The van der Waals surface area contributed by atoms with Crippen LogP contribution in [0.1, 0.15) is 17.5 Å². The number of hydrogen-bond acceptors (Lipinski definition) is 3. The quantitative estimate of drug-likeness (QED) is 0.899. The summed E-state index contributed by atoms with van der Waals surface area (Å²) in [6.07, 6.45) is -5.29. The van der Waals surface area contributed by atoms with Gasteiger partial charge in [0, 0.05) is 12.0 Å². The van der Waals surface area contributed by atoms with Crippen LogP contribution in [-0.4, -0.2) is 25.3 Å². The molecule has 1 N–H and O–H groups in total. The zero-order valence-corrected chi connectivity index (χ0v) is 10.4. The molecule has 1 aromatic rings. The van der Waals surface area contributed by atoms with E-state index in [1.807, 2.05) is 0 Å². The molecule has 0 aromatic heterocycles. The summed E-state index contributed by atoms with van der Waals surface area (Å²) in [5, 5.41) is 8.61. The SMILES string of the molecule is COc1ccc(C(F)(F)F)c(CCC(=O)O)c1OC. The maximum absolute atomic E-state index is 12.9. The van der Waals surface area contributed by atoms with Crippen LogP contribution in [0.2, 0.25) is 0 Å². The topological polar surface area (TPSA) is 55.8 Å². The lowest BCUT2D eigenvalue weighted by atomic mass is 10.0. The number of halogens is 3. The van der Waals surface area contributed by atoms with Gasteiger partial charge >= 0.3 is 12.1 Å². The summed E-state index contributed by atoms with van der Waals surface area (Å²) >= 11 is 0. The van der Waals surface area contributed by atoms with Crippen molar-refractivity contribution in [1.82, 2.24) is 0 Å². The Labute approximate surface area is 107 Å². The van der Waals surface area contributed by atoms with E-state index in [2.05, 4.69) is 0 Å². The summed E-state index contributed by atoms with van der Waals surface area (Å²) in [6, 6.07) is 2.00. The molecule has 0 spiro atoms. The van der Waals surface area contributed by atoms with Gasteiger partial charge in [-0.05, 0) is 18.6 Å². The van der Waals surface area contributed by atoms with Crippen LogP contribution in [0.3, 0.4) is 0 Å². The van der Waals surface area contributed by atoms with Crippen LogP contribution in [-0.2, 0) is 17.4 Å². The Morgan fingerprint density at radius 3 is 2.32 bits per heavy atom. The number of ether oxygens (including phenoxy) is 2. The predicted molar refractivity (Wildman–Crippen MR) is 60.5 cm³/mol. The minimum absolute atomic E-state index is 0.0847. The van der Waals surface area contributed by atoms with Gasteiger partial charge in [0.1, 0.15) is 0 Å². The Balaban J connectivity index is 3.35. The highest BCUT2D eigenvalue weighted by Crippen LogP contribution is 2.41. The van der Waals surface area contributed by atoms with Gasteiger partial charge in [0.15, 0.2) is 11.5 Å². The van der Waals surface area contributed by atoms with Gasteiger partial charge in [0.05, 0.1) is 19.8 Å². The van der Waals surface area contributed by atoms with E-state index in [4.69, 9.17) is 14.6 Å². The van der Waals surface area contributed by atoms with Crippen molar-refractivity contribution in [2.75, 3.05) is 14.2 Å². The third kappa shape index (κ3) is 3.52. The molecule has 0 saturated heterocycles. The lowest BCUT2D eigenvalue weighted by Gasteiger charge is -2.18. The van der Waals surface area contributed by atoms with Crippen LogP contribution in [0.5, 0.6) is 11.5 Å². The highest BCUT2D eigenvalue weighted by atomic mass is 19.4. The Bertz CT molecular complexity index is 469. The van der Waals surface area contributed by atoms with Crippen molar-refractivity contribution >= 4 is 5.97 Å². The number of hydrogen-bond donors (Lipinski definition) is 1. The molecule has 106 valence electrons. The molecular weight excluding hydrogens is 265 g/mol. The fourth-order valence-electron chi connectivity index (χ4n) is 1.74. The minimum atomic E-state index is -4.58. The Morgan fingerprint density at radius 2 is 1.89 bits per heavy atom. The van der Waals surface area contributed by atoms with Crippen LogP contribution >= 0.6 is 0 Å². The smallest absolute Gasteiger partial charge is 0.416 e. The molecule has 0 bridgehead atoms. The van der Waals surface area contributed by atoms with Crippen LogP contribution in [0.4, 0.5) is 13.2 Å². The maximum Gasteiger partial charge on any atom is 0.416 e. The summed E-state index contributed by atoms with van der Waals surface area (Å²) in [6.45, 7) is 0. The van der Waals surface area contributed by atoms with E-state index < -0.39 is 24.1 Å². The molecule has 0 fully saturated rings. The van der Waals surface area contributed by atoms with Crippen LogP contribution in [0.25, 0.3) is 0 Å². The van der Waals surface area contributed by atoms with E-state index in [9.17, 15) is 18.0 Å². The van der Waals surface area contributed by atoms with E-state index in [0.29, 0.717) is 0 Å². The molecule has 7 heteroatoms. The first-order valence-electron chi connectivity index (χ1n) is 5.34. The van der Waals surface area contributed by atoms with Gasteiger partial charge in [-0.25, -0.2) is 0 Å². The molecule has 1 aromatic carbocycles. The number of methoxy groups -OCH3 is 2. The van der Waals surface area contributed by atoms with Crippen molar-refractivity contribution in [3.05, 3.63) is 23.3 Å². The van der Waals surface area contributed by atoms with E-state index >= 15 is 0 Å². The highest BCUT2D eigenvalue weighted by molar-refractivity contribution is 5.67. The lowest BCUT2D eigenvalue weighted by molar-refractivity contribution is -0.140. The normalized spacial score (nSPS) is 11.2. The average Bonchev–Trinajstić information content (AvgIpc) is 2.33. The van der Waals surface area contributed by atoms with E-state index in [1.54, 1.807) is 0 Å². The first-order valence-corrected chi connectivity index (χ1v) is 5.34. The molecule has 0 aliphatic carbocycles. The Kier molecular flexibility index (Phi) is 4.63. The fraction of sp³-hybridized carbons (Fsp3) is 0.417. The molecule has 0 unspecified atom stereocenters. The molecule has 0 radical (unpaired) electrons. The van der Waals surface area contributed by atoms with Gasteiger partial charge in [-0.15, -0.1) is 0 Å². The van der Waals surface area contributed by atoms with Crippen molar-refractivity contribution in [3.8, 4) is 11.5 Å².